The van der Waals surface area contributed by atoms with E-state index in [2.05, 4.69) is 36.3 Å². The van der Waals surface area contributed by atoms with Gasteiger partial charge in [0.15, 0.2) is 0 Å². The Labute approximate surface area is 103 Å². The van der Waals surface area contributed by atoms with E-state index < -0.39 is 0 Å². The van der Waals surface area contributed by atoms with Crippen molar-refractivity contribution in [2.24, 2.45) is 0 Å². The molecule has 17 heavy (non-hydrogen) atoms. The Bertz CT molecular complexity index is 355. The highest BCUT2D eigenvalue weighted by Gasteiger charge is 2.39. The highest BCUT2D eigenvalue weighted by atomic mass is 16.4. The molecule has 4 nitrogen and oxygen atoms in total. The fourth-order valence-electron chi connectivity index (χ4n) is 2.79. The average Bonchev–Trinajstić information content (AvgIpc) is 2.99. The maximum absolute atomic E-state index is 5.89. The van der Waals surface area contributed by atoms with Crippen molar-refractivity contribution in [3.05, 3.63) is 11.8 Å². The molecule has 1 aromatic heterocycles. The molecule has 1 aliphatic rings. The fraction of sp³-hybridized carbons (Fsp3) is 0.846. The van der Waals surface area contributed by atoms with Gasteiger partial charge in [-0.05, 0) is 32.7 Å². The van der Waals surface area contributed by atoms with Crippen molar-refractivity contribution in [2.45, 2.75) is 64.3 Å². The molecule has 0 aliphatic heterocycles. The number of hydrogen-bond acceptors (Lipinski definition) is 4. The molecule has 0 aromatic carbocycles. The van der Waals surface area contributed by atoms with E-state index in [9.17, 15) is 0 Å². The standard InChI is InChI=1S/C13H23N3O/c1-4-13(8-6-7-9-13)12-16-15-11(17-12)10(3)14-5-2/h10,14H,4-9H2,1-3H3. The number of aromatic nitrogens is 2. The molecular weight excluding hydrogens is 214 g/mol. The molecule has 1 heterocycles. The highest BCUT2D eigenvalue weighted by Crippen LogP contribution is 2.43. The third-order valence-corrected chi connectivity index (χ3v) is 4.01. The molecule has 1 aromatic rings. The number of nitrogens with one attached hydrogen (secondary N) is 1. The van der Waals surface area contributed by atoms with Crippen molar-refractivity contribution in [2.75, 3.05) is 6.54 Å². The summed E-state index contributed by atoms with van der Waals surface area (Å²) in [5.74, 6) is 1.58. The first-order valence-corrected chi connectivity index (χ1v) is 6.79. The zero-order valence-corrected chi connectivity index (χ0v) is 11.1. The molecule has 0 spiro atoms. The van der Waals surface area contributed by atoms with Gasteiger partial charge in [0.25, 0.3) is 0 Å². The van der Waals surface area contributed by atoms with Crippen molar-refractivity contribution >= 4 is 0 Å². The topological polar surface area (TPSA) is 51.0 Å². The van der Waals surface area contributed by atoms with Crippen LogP contribution in [0.4, 0.5) is 0 Å². The first kappa shape index (κ1) is 12.6. The molecule has 2 rings (SSSR count). The van der Waals surface area contributed by atoms with Gasteiger partial charge in [-0.2, -0.15) is 0 Å². The maximum Gasteiger partial charge on any atom is 0.233 e. The molecule has 1 aliphatic carbocycles. The minimum Gasteiger partial charge on any atom is -0.423 e. The van der Waals surface area contributed by atoms with Crippen LogP contribution in [0.1, 0.15) is 70.7 Å². The molecule has 4 heteroatoms. The second kappa shape index (κ2) is 5.17. The summed E-state index contributed by atoms with van der Waals surface area (Å²) in [6.07, 6.45) is 6.06. The van der Waals surface area contributed by atoms with Gasteiger partial charge in [0.2, 0.25) is 11.8 Å². The number of hydrogen-bond donors (Lipinski definition) is 1. The van der Waals surface area contributed by atoms with Crippen molar-refractivity contribution in [1.82, 2.24) is 15.5 Å². The molecule has 1 unspecified atom stereocenters. The van der Waals surface area contributed by atoms with Crippen molar-refractivity contribution in [3.63, 3.8) is 0 Å². The lowest BCUT2D eigenvalue weighted by molar-refractivity contribution is 0.295. The zero-order chi connectivity index (χ0) is 12.3. The first-order chi connectivity index (χ1) is 8.22. The Kier molecular flexibility index (Phi) is 3.82. The summed E-state index contributed by atoms with van der Waals surface area (Å²) in [6.45, 7) is 7.28. The van der Waals surface area contributed by atoms with Gasteiger partial charge in [0.05, 0.1) is 6.04 Å². The summed E-state index contributed by atoms with van der Waals surface area (Å²) in [5, 5.41) is 11.8. The lowest BCUT2D eigenvalue weighted by Crippen LogP contribution is -2.21. The van der Waals surface area contributed by atoms with E-state index in [1.165, 1.54) is 25.7 Å². The second-order valence-corrected chi connectivity index (χ2v) is 5.07. The van der Waals surface area contributed by atoms with Crippen LogP contribution in [0.3, 0.4) is 0 Å². The molecule has 96 valence electrons. The minimum absolute atomic E-state index is 0.150. The molecular formula is C13H23N3O. The molecule has 1 atom stereocenters. The Morgan fingerprint density at radius 1 is 1.29 bits per heavy atom. The van der Waals surface area contributed by atoms with E-state index in [-0.39, 0.29) is 11.5 Å². The van der Waals surface area contributed by atoms with E-state index in [0.717, 1.165) is 24.7 Å². The second-order valence-electron chi connectivity index (χ2n) is 5.07. The van der Waals surface area contributed by atoms with Crippen molar-refractivity contribution in [3.8, 4) is 0 Å². The third-order valence-electron chi connectivity index (χ3n) is 4.01. The molecule has 1 saturated carbocycles. The molecule has 0 saturated heterocycles. The smallest absolute Gasteiger partial charge is 0.233 e. The summed E-state index contributed by atoms with van der Waals surface area (Å²) in [4.78, 5) is 0. The summed E-state index contributed by atoms with van der Waals surface area (Å²) in [6, 6.07) is 0.150. The van der Waals surface area contributed by atoms with Crippen molar-refractivity contribution < 1.29 is 4.42 Å². The van der Waals surface area contributed by atoms with Gasteiger partial charge in [-0.1, -0.05) is 26.7 Å². The van der Waals surface area contributed by atoms with E-state index >= 15 is 0 Å². The Hall–Kier alpha value is -0.900. The number of rotatable bonds is 5. The van der Waals surface area contributed by atoms with E-state index in [0.29, 0.717) is 0 Å². The van der Waals surface area contributed by atoms with Crippen LogP contribution in [-0.4, -0.2) is 16.7 Å². The molecule has 1 fully saturated rings. The van der Waals surface area contributed by atoms with Gasteiger partial charge in [-0.25, -0.2) is 0 Å². The lowest BCUT2D eigenvalue weighted by atomic mass is 9.83. The third kappa shape index (κ3) is 2.37. The molecule has 0 bridgehead atoms. The van der Waals surface area contributed by atoms with Gasteiger partial charge < -0.3 is 9.73 Å². The van der Waals surface area contributed by atoms with Crippen LogP contribution in [0.25, 0.3) is 0 Å². The minimum atomic E-state index is 0.150. The monoisotopic (exact) mass is 237 g/mol. The van der Waals surface area contributed by atoms with Gasteiger partial charge in [-0.15, -0.1) is 10.2 Å². The van der Waals surface area contributed by atoms with E-state index in [1.807, 2.05) is 0 Å². The van der Waals surface area contributed by atoms with E-state index in [1.54, 1.807) is 0 Å². The predicted octanol–water partition coefficient (Wildman–Crippen LogP) is 2.96. The Morgan fingerprint density at radius 3 is 2.59 bits per heavy atom. The molecule has 0 amide bonds. The van der Waals surface area contributed by atoms with Crippen LogP contribution in [-0.2, 0) is 5.41 Å². The molecule has 0 radical (unpaired) electrons. The SMILES string of the molecule is CCNC(C)c1nnc(C2(CC)CCCC2)o1. The summed E-state index contributed by atoms with van der Waals surface area (Å²) in [7, 11) is 0. The van der Waals surface area contributed by atoms with Crippen LogP contribution in [0.15, 0.2) is 4.42 Å². The zero-order valence-electron chi connectivity index (χ0n) is 11.1. The van der Waals surface area contributed by atoms with Gasteiger partial charge in [0.1, 0.15) is 0 Å². The van der Waals surface area contributed by atoms with Crippen LogP contribution < -0.4 is 5.32 Å². The highest BCUT2D eigenvalue weighted by molar-refractivity contribution is 5.07. The van der Waals surface area contributed by atoms with Crippen LogP contribution >= 0.6 is 0 Å². The lowest BCUT2D eigenvalue weighted by Gasteiger charge is -2.22. The largest absolute Gasteiger partial charge is 0.423 e. The quantitative estimate of drug-likeness (QED) is 0.855. The summed E-state index contributed by atoms with van der Waals surface area (Å²) < 4.78 is 5.89. The van der Waals surface area contributed by atoms with Gasteiger partial charge in [-0.3, -0.25) is 0 Å². The van der Waals surface area contributed by atoms with Gasteiger partial charge >= 0.3 is 0 Å². The number of nitrogens with zero attached hydrogens (tertiary/aromatic N) is 2. The van der Waals surface area contributed by atoms with Gasteiger partial charge in [0, 0.05) is 5.41 Å². The van der Waals surface area contributed by atoms with E-state index in [4.69, 9.17) is 4.42 Å². The average molecular weight is 237 g/mol. The van der Waals surface area contributed by atoms with Crippen LogP contribution in [0.5, 0.6) is 0 Å². The first-order valence-electron chi connectivity index (χ1n) is 6.79. The Morgan fingerprint density at radius 2 is 2.00 bits per heavy atom. The maximum atomic E-state index is 5.89. The van der Waals surface area contributed by atoms with Crippen LogP contribution in [0.2, 0.25) is 0 Å². The normalized spacial score (nSPS) is 20.6. The summed E-state index contributed by atoms with van der Waals surface area (Å²) >= 11 is 0. The fourth-order valence-corrected chi connectivity index (χ4v) is 2.79. The van der Waals surface area contributed by atoms with Crippen LogP contribution in [0, 0.1) is 0 Å². The molecule has 1 N–H and O–H groups in total. The Balaban J connectivity index is 2.16. The van der Waals surface area contributed by atoms with Crippen molar-refractivity contribution in [1.29, 1.82) is 0 Å². The predicted molar refractivity (Wildman–Crippen MR) is 66.8 cm³/mol. The summed E-state index contributed by atoms with van der Waals surface area (Å²) in [5.41, 5.74) is 0.164.